The van der Waals surface area contributed by atoms with E-state index >= 15 is 0 Å². The third kappa shape index (κ3) is 7.98. The predicted molar refractivity (Wildman–Crippen MR) is 184 cm³/mol. The molecule has 0 spiro atoms. The number of aliphatic hydroxyl groups is 1. The molecule has 43 heavy (non-hydrogen) atoms. The normalized spacial score (nSPS) is 12.4. The molecule has 2 N–H and O–H groups in total. The second-order valence-corrected chi connectivity index (χ2v) is 13.0. The highest BCUT2D eigenvalue weighted by Crippen LogP contribution is 2.50. The summed E-state index contributed by atoms with van der Waals surface area (Å²) in [5, 5.41) is 18.4. The van der Waals surface area contributed by atoms with Gasteiger partial charge in [0.05, 0.1) is 24.3 Å². The van der Waals surface area contributed by atoms with Crippen LogP contribution in [0.5, 0.6) is 0 Å². The van der Waals surface area contributed by atoms with Gasteiger partial charge in [0, 0.05) is 11.8 Å². The maximum Gasteiger partial charge on any atom is 0.307 e. The molecule has 4 aromatic rings. The number of fused-ring (bicyclic) bond motifs is 3. The van der Waals surface area contributed by atoms with E-state index in [1.165, 1.54) is 33.4 Å². The number of carbonyl (C=O) groups is 1. The number of allylic oxidation sites excluding steroid dienone is 1. The van der Waals surface area contributed by atoms with Gasteiger partial charge in [-0.3, -0.25) is 4.79 Å². The molecule has 0 amide bonds. The maximum atomic E-state index is 12.0. The van der Waals surface area contributed by atoms with E-state index in [2.05, 4.69) is 110 Å². The molecule has 4 aromatic carbocycles. The van der Waals surface area contributed by atoms with Crippen LogP contribution in [0.3, 0.4) is 0 Å². The fourth-order valence-electron chi connectivity index (χ4n) is 5.57. The van der Waals surface area contributed by atoms with Crippen LogP contribution in [-0.2, 0) is 24.2 Å². The van der Waals surface area contributed by atoms with Gasteiger partial charge in [-0.2, -0.15) is 0 Å². The van der Waals surface area contributed by atoms with Crippen molar-refractivity contribution in [3.05, 3.63) is 118 Å². The average Bonchev–Trinajstić information content (AvgIpc) is 2.95. The quantitative estimate of drug-likeness (QED) is 0.209. The van der Waals surface area contributed by atoms with Crippen LogP contribution >= 0.6 is 11.9 Å². The molecule has 0 fully saturated rings. The summed E-state index contributed by atoms with van der Waals surface area (Å²) in [6, 6.07) is 25.7. The van der Waals surface area contributed by atoms with Crippen molar-refractivity contribution in [3.8, 4) is 22.3 Å². The molecule has 0 atom stereocenters. The Morgan fingerprint density at radius 3 is 2.19 bits per heavy atom. The highest BCUT2D eigenvalue weighted by atomic mass is 32.2. The van der Waals surface area contributed by atoms with Crippen LogP contribution in [0.15, 0.2) is 78.9 Å². The number of benzene rings is 4. The lowest BCUT2D eigenvalue weighted by atomic mass is 9.80. The van der Waals surface area contributed by atoms with Crippen LogP contribution in [0, 0.1) is 20.8 Å². The van der Waals surface area contributed by atoms with Gasteiger partial charge >= 0.3 is 5.97 Å². The number of carboxylic acids is 1. The zero-order chi connectivity index (χ0) is 31.3. The van der Waals surface area contributed by atoms with Gasteiger partial charge in [0.2, 0.25) is 0 Å². The molecule has 0 unspecified atom stereocenters. The zero-order valence-corrected chi connectivity index (χ0v) is 27.2. The van der Waals surface area contributed by atoms with E-state index in [1.54, 1.807) is 32.7 Å². The van der Waals surface area contributed by atoms with Gasteiger partial charge in [0.1, 0.15) is 0 Å². The molecule has 1 heterocycles. The Hall–Kier alpha value is -3.80. The first-order valence-electron chi connectivity index (χ1n) is 14.7. The number of aliphatic carboxylic acids is 1. The molecule has 1 aliphatic rings. The monoisotopic (exact) mass is 593 g/mol. The molecule has 0 aromatic heterocycles. The first-order valence-corrected chi connectivity index (χ1v) is 15.9. The van der Waals surface area contributed by atoms with Gasteiger partial charge in [0.15, 0.2) is 0 Å². The van der Waals surface area contributed by atoms with Crippen molar-refractivity contribution in [2.24, 2.45) is 0 Å². The molecule has 0 bridgehead atoms. The molecule has 5 rings (SSSR count). The largest absolute Gasteiger partial charge is 0.481 e. The van der Waals surface area contributed by atoms with Crippen molar-refractivity contribution in [1.29, 1.82) is 0 Å². The fraction of sp³-hybridized carbons (Fsp3) is 0.289. The van der Waals surface area contributed by atoms with E-state index in [9.17, 15) is 9.90 Å². The summed E-state index contributed by atoms with van der Waals surface area (Å²) in [5.41, 5.74) is 13.2. The molecule has 4 nitrogen and oxygen atoms in total. The summed E-state index contributed by atoms with van der Waals surface area (Å²) in [4.78, 5) is 12.0. The lowest BCUT2D eigenvalue weighted by molar-refractivity contribution is -0.136. The number of anilines is 1. The van der Waals surface area contributed by atoms with Crippen molar-refractivity contribution in [2.75, 3.05) is 10.6 Å². The van der Waals surface area contributed by atoms with Crippen molar-refractivity contribution in [1.82, 2.24) is 0 Å². The number of aryl methyl sites for hydroxylation is 1. The summed E-state index contributed by atoms with van der Waals surface area (Å²) in [5.74, 6) is -0.807. The van der Waals surface area contributed by atoms with E-state index < -0.39 is 11.6 Å². The topological polar surface area (TPSA) is 60.8 Å². The standard InChI is InChI=1S/C34H33NO2S.C4H10O/c1-22-13-16-27(17-14-22)32-24(3)33-30-19-26(12-8-11-25-9-6-5-7-10-25)15-18-28(30)21-35(38-4)34(33)23(2)29(32)20-31(36)37;1-4(2,3)5/h5-10,12-19H,11,20-21H2,1-4H3,(H,36,37);5H,1-3H3/b12-8+;. The van der Waals surface area contributed by atoms with Gasteiger partial charge in [-0.1, -0.05) is 96.4 Å². The molecular weight excluding hydrogens is 550 g/mol. The SMILES string of the molecule is CC(C)(C)O.CSN1Cc2ccc(/C=C/Cc3ccccc3)cc2-c2c(C)c(-c3ccc(C)cc3)c(CC(=O)O)c(C)c21. The number of carboxylic acid groups (broad SMARTS) is 1. The summed E-state index contributed by atoms with van der Waals surface area (Å²) in [7, 11) is 0. The van der Waals surface area contributed by atoms with Crippen LogP contribution in [0.2, 0.25) is 0 Å². The van der Waals surface area contributed by atoms with E-state index in [-0.39, 0.29) is 6.42 Å². The molecule has 0 saturated carbocycles. The van der Waals surface area contributed by atoms with Gasteiger partial charge in [-0.15, -0.1) is 0 Å². The van der Waals surface area contributed by atoms with E-state index in [0.717, 1.165) is 46.5 Å². The molecule has 5 heteroatoms. The second-order valence-electron chi connectivity index (χ2n) is 12.2. The van der Waals surface area contributed by atoms with Crippen molar-refractivity contribution in [2.45, 2.75) is 66.5 Å². The minimum Gasteiger partial charge on any atom is -0.481 e. The summed E-state index contributed by atoms with van der Waals surface area (Å²) in [6.45, 7) is 12.3. The first-order chi connectivity index (χ1) is 20.4. The number of hydrogen-bond donors (Lipinski definition) is 2. The van der Waals surface area contributed by atoms with Crippen LogP contribution in [0.1, 0.15) is 59.7 Å². The Balaban J connectivity index is 0.000000782. The summed E-state index contributed by atoms with van der Waals surface area (Å²) in [6.07, 6.45) is 7.41. The van der Waals surface area contributed by atoms with Crippen LogP contribution < -0.4 is 4.31 Å². The van der Waals surface area contributed by atoms with Gasteiger partial charge in [0.25, 0.3) is 0 Å². The van der Waals surface area contributed by atoms with Gasteiger partial charge in [-0.05, 0) is 104 Å². The van der Waals surface area contributed by atoms with E-state index in [4.69, 9.17) is 5.11 Å². The van der Waals surface area contributed by atoms with Gasteiger partial charge in [-0.25, -0.2) is 0 Å². The van der Waals surface area contributed by atoms with Crippen molar-refractivity contribution >= 4 is 29.7 Å². The Kier molecular flexibility index (Phi) is 10.2. The lowest BCUT2D eigenvalue weighted by Crippen LogP contribution is -2.22. The third-order valence-electron chi connectivity index (χ3n) is 7.46. The van der Waals surface area contributed by atoms with E-state index in [0.29, 0.717) is 0 Å². The smallest absolute Gasteiger partial charge is 0.307 e. The highest BCUT2D eigenvalue weighted by molar-refractivity contribution is 7.99. The third-order valence-corrected chi connectivity index (χ3v) is 8.21. The zero-order valence-electron chi connectivity index (χ0n) is 26.4. The molecule has 0 saturated heterocycles. The molecule has 224 valence electrons. The lowest BCUT2D eigenvalue weighted by Gasteiger charge is -2.36. The Morgan fingerprint density at radius 1 is 0.930 bits per heavy atom. The second kappa shape index (κ2) is 13.7. The molecule has 0 aliphatic carbocycles. The fourth-order valence-corrected chi connectivity index (χ4v) is 6.25. The summed E-state index contributed by atoms with van der Waals surface area (Å²) < 4.78 is 2.31. The maximum absolute atomic E-state index is 12.0. The first kappa shape index (κ1) is 32.1. The van der Waals surface area contributed by atoms with E-state index in [1.807, 2.05) is 6.07 Å². The predicted octanol–water partition coefficient (Wildman–Crippen LogP) is 9.20. The molecule has 0 radical (unpaired) electrons. The Labute approximate surface area is 261 Å². The summed E-state index contributed by atoms with van der Waals surface area (Å²) >= 11 is 1.69. The minimum absolute atomic E-state index is 0.000501. The Morgan fingerprint density at radius 2 is 1.58 bits per heavy atom. The Bertz CT molecular complexity index is 1610. The number of hydrogen-bond acceptors (Lipinski definition) is 4. The molecular formula is C38H43NO3S. The number of nitrogens with zero attached hydrogens (tertiary/aromatic N) is 1. The highest BCUT2D eigenvalue weighted by Gasteiger charge is 2.30. The van der Waals surface area contributed by atoms with Gasteiger partial charge < -0.3 is 14.5 Å². The molecule has 1 aliphatic heterocycles. The minimum atomic E-state index is -0.807. The van der Waals surface area contributed by atoms with Crippen LogP contribution in [0.4, 0.5) is 5.69 Å². The van der Waals surface area contributed by atoms with Crippen LogP contribution in [0.25, 0.3) is 28.3 Å². The number of rotatable bonds is 7. The van der Waals surface area contributed by atoms with Crippen molar-refractivity contribution in [3.63, 3.8) is 0 Å². The average molecular weight is 594 g/mol. The van der Waals surface area contributed by atoms with Crippen molar-refractivity contribution < 1.29 is 15.0 Å². The van der Waals surface area contributed by atoms with Crippen LogP contribution in [-0.4, -0.2) is 28.0 Å².